The van der Waals surface area contributed by atoms with E-state index in [2.05, 4.69) is 4.98 Å². The molecule has 0 bridgehead atoms. The third kappa shape index (κ3) is 0.870. The van der Waals surface area contributed by atoms with Crippen LogP contribution in [0.1, 0.15) is 0 Å². The molecule has 0 unspecified atom stereocenters. The fourth-order valence-corrected chi connectivity index (χ4v) is 1.21. The maximum absolute atomic E-state index is 5.72. The Labute approximate surface area is 65.3 Å². The van der Waals surface area contributed by atoms with Gasteiger partial charge in [-0.15, -0.1) is 0 Å². The number of aromatic nitrogens is 2. The van der Waals surface area contributed by atoms with Crippen molar-refractivity contribution in [1.29, 1.82) is 0 Å². The van der Waals surface area contributed by atoms with Crippen LogP contribution < -0.4 is 11.2 Å². The molecule has 0 saturated carbocycles. The van der Waals surface area contributed by atoms with Gasteiger partial charge in [-0.25, -0.2) is 4.98 Å². The summed E-state index contributed by atoms with van der Waals surface area (Å²) in [5.74, 6) is 0. The minimum absolute atomic E-state index is 0.731. The Morgan fingerprint density at radius 1 is 1.55 bits per heavy atom. The van der Waals surface area contributed by atoms with Crippen molar-refractivity contribution in [1.82, 2.24) is 9.38 Å². The number of imidazole rings is 1. The molecule has 4 heteroatoms. The van der Waals surface area contributed by atoms with E-state index in [1.165, 1.54) is 0 Å². The molecule has 0 aromatic carbocycles. The van der Waals surface area contributed by atoms with Crippen LogP contribution in [0, 0.1) is 0 Å². The van der Waals surface area contributed by atoms with Gasteiger partial charge in [-0.1, -0.05) is 5.46 Å². The first-order valence-electron chi connectivity index (χ1n) is 3.46. The van der Waals surface area contributed by atoms with Crippen LogP contribution in [0.15, 0.2) is 24.7 Å². The predicted octanol–water partition coefficient (Wildman–Crippen LogP) is -0.825. The molecule has 2 aromatic heterocycles. The number of nitrogens with two attached hydrogens (primary N) is 1. The lowest BCUT2D eigenvalue weighted by Crippen LogP contribution is -2.07. The van der Waals surface area contributed by atoms with E-state index in [0.717, 1.165) is 16.8 Å². The number of nitrogens with zero attached hydrogens (tertiary/aromatic N) is 2. The van der Waals surface area contributed by atoms with E-state index in [0.29, 0.717) is 0 Å². The van der Waals surface area contributed by atoms with E-state index in [1.54, 1.807) is 6.20 Å². The quantitative estimate of drug-likeness (QED) is 0.492. The molecular weight excluding hydrogens is 137 g/mol. The fourth-order valence-electron chi connectivity index (χ4n) is 1.21. The second kappa shape index (κ2) is 2.02. The molecule has 54 valence electrons. The van der Waals surface area contributed by atoms with E-state index in [9.17, 15) is 0 Å². The van der Waals surface area contributed by atoms with E-state index in [-0.39, 0.29) is 0 Å². The van der Waals surface area contributed by atoms with Crippen molar-refractivity contribution < 1.29 is 0 Å². The lowest BCUT2D eigenvalue weighted by atomic mass is 9.98. The Morgan fingerprint density at radius 2 is 2.36 bits per heavy atom. The zero-order valence-electron chi connectivity index (χ0n) is 6.28. The highest BCUT2D eigenvalue weighted by Crippen LogP contribution is 2.07. The average molecular weight is 145 g/mol. The highest BCUT2D eigenvalue weighted by atomic mass is 15.0. The average Bonchev–Trinajstić information content (AvgIpc) is 2.34. The van der Waals surface area contributed by atoms with Gasteiger partial charge in [0.15, 0.2) is 5.65 Å². The number of pyridine rings is 1. The van der Waals surface area contributed by atoms with Crippen LogP contribution in [0.5, 0.6) is 0 Å². The molecule has 2 rings (SSSR count). The van der Waals surface area contributed by atoms with Crippen LogP contribution in [0.25, 0.3) is 5.65 Å². The standard InChI is InChI=1S/C7H8BN3/c8-5-3-6(9)7-10-1-2-11(7)4-5/h1-4H,8-9H2. The molecule has 0 aliphatic heterocycles. The van der Waals surface area contributed by atoms with Gasteiger partial charge in [-0.3, -0.25) is 0 Å². The summed E-state index contributed by atoms with van der Waals surface area (Å²) >= 11 is 0. The molecule has 2 N–H and O–H groups in total. The van der Waals surface area contributed by atoms with Gasteiger partial charge in [-0.05, 0) is 6.07 Å². The largest absolute Gasteiger partial charge is 0.396 e. The van der Waals surface area contributed by atoms with Crippen molar-refractivity contribution in [3.63, 3.8) is 0 Å². The van der Waals surface area contributed by atoms with Gasteiger partial charge >= 0.3 is 0 Å². The first kappa shape index (κ1) is 6.28. The van der Waals surface area contributed by atoms with Crippen LogP contribution in [-0.4, -0.2) is 17.2 Å². The normalized spacial score (nSPS) is 10.5. The van der Waals surface area contributed by atoms with Crippen molar-refractivity contribution in [2.75, 3.05) is 5.73 Å². The zero-order valence-corrected chi connectivity index (χ0v) is 6.28. The molecule has 11 heavy (non-hydrogen) atoms. The number of anilines is 1. The highest BCUT2D eigenvalue weighted by molar-refractivity contribution is 6.32. The summed E-state index contributed by atoms with van der Waals surface area (Å²) in [7, 11) is 2.01. The minimum atomic E-state index is 0.731. The predicted molar refractivity (Wildman–Crippen MR) is 47.8 cm³/mol. The highest BCUT2D eigenvalue weighted by Gasteiger charge is 1.97. The van der Waals surface area contributed by atoms with Crippen LogP contribution in [0.2, 0.25) is 0 Å². The minimum Gasteiger partial charge on any atom is -0.396 e. The van der Waals surface area contributed by atoms with E-state index < -0.39 is 0 Å². The van der Waals surface area contributed by atoms with E-state index in [1.807, 2.05) is 30.7 Å². The van der Waals surface area contributed by atoms with Gasteiger partial charge in [0, 0.05) is 18.6 Å². The molecule has 0 radical (unpaired) electrons. The van der Waals surface area contributed by atoms with Crippen molar-refractivity contribution in [2.45, 2.75) is 0 Å². The van der Waals surface area contributed by atoms with Crippen LogP contribution in [0.4, 0.5) is 5.69 Å². The van der Waals surface area contributed by atoms with Crippen molar-refractivity contribution in [2.24, 2.45) is 0 Å². The summed E-state index contributed by atoms with van der Waals surface area (Å²) < 4.78 is 1.92. The summed E-state index contributed by atoms with van der Waals surface area (Å²) in [5, 5.41) is 0. The van der Waals surface area contributed by atoms with Crippen molar-refractivity contribution in [3.8, 4) is 0 Å². The molecule has 0 saturated heterocycles. The van der Waals surface area contributed by atoms with Gasteiger partial charge in [-0.2, -0.15) is 0 Å². The topological polar surface area (TPSA) is 43.3 Å². The summed E-state index contributed by atoms with van der Waals surface area (Å²) in [5.41, 5.74) is 8.43. The molecule has 0 aliphatic carbocycles. The van der Waals surface area contributed by atoms with Crippen molar-refractivity contribution >= 4 is 24.6 Å². The Hall–Kier alpha value is -1.45. The number of nitrogen functional groups attached to an aromatic ring is 1. The molecular formula is C7H8BN3. The Bertz CT molecular complexity index is 393. The van der Waals surface area contributed by atoms with E-state index >= 15 is 0 Å². The number of hydrogen-bond donors (Lipinski definition) is 1. The first-order chi connectivity index (χ1) is 5.27. The number of rotatable bonds is 0. The van der Waals surface area contributed by atoms with E-state index in [4.69, 9.17) is 5.73 Å². The molecule has 0 atom stereocenters. The van der Waals surface area contributed by atoms with Crippen molar-refractivity contribution in [3.05, 3.63) is 24.7 Å². The van der Waals surface area contributed by atoms with Gasteiger partial charge in [0.25, 0.3) is 0 Å². The van der Waals surface area contributed by atoms with Crippen LogP contribution in [0.3, 0.4) is 0 Å². The summed E-state index contributed by atoms with van der Waals surface area (Å²) in [6, 6.07) is 1.92. The molecule has 2 aromatic rings. The Kier molecular flexibility index (Phi) is 1.15. The third-order valence-electron chi connectivity index (χ3n) is 1.65. The SMILES string of the molecule is Bc1cc(N)c2nccn2c1. The van der Waals surface area contributed by atoms with Gasteiger partial charge in [0.05, 0.1) is 5.69 Å². The summed E-state index contributed by atoms with van der Waals surface area (Å²) in [6.45, 7) is 0. The second-order valence-electron chi connectivity index (χ2n) is 2.63. The third-order valence-corrected chi connectivity index (χ3v) is 1.65. The molecule has 2 heterocycles. The maximum Gasteiger partial charge on any atom is 0.159 e. The molecule has 0 fully saturated rings. The molecule has 0 amide bonds. The fraction of sp³-hybridized carbons (Fsp3) is 0. The lowest BCUT2D eigenvalue weighted by Gasteiger charge is -1.99. The zero-order chi connectivity index (χ0) is 7.84. The van der Waals surface area contributed by atoms with Crippen LogP contribution in [-0.2, 0) is 0 Å². The Balaban J connectivity index is 2.91. The molecule has 0 spiro atoms. The first-order valence-corrected chi connectivity index (χ1v) is 3.46. The molecule has 3 nitrogen and oxygen atoms in total. The number of fused-ring (bicyclic) bond motifs is 1. The Morgan fingerprint density at radius 3 is 3.18 bits per heavy atom. The van der Waals surface area contributed by atoms with Gasteiger partial charge in [0.1, 0.15) is 7.85 Å². The molecule has 0 aliphatic rings. The summed E-state index contributed by atoms with van der Waals surface area (Å²) in [4.78, 5) is 4.10. The smallest absolute Gasteiger partial charge is 0.159 e. The lowest BCUT2D eigenvalue weighted by molar-refractivity contribution is 1.20. The maximum atomic E-state index is 5.72. The monoisotopic (exact) mass is 145 g/mol. The van der Waals surface area contributed by atoms with Gasteiger partial charge in [0.2, 0.25) is 0 Å². The second-order valence-corrected chi connectivity index (χ2v) is 2.63. The van der Waals surface area contributed by atoms with Gasteiger partial charge < -0.3 is 10.1 Å². The van der Waals surface area contributed by atoms with Crippen LogP contribution >= 0.6 is 0 Å². The summed E-state index contributed by atoms with van der Waals surface area (Å²) in [6.07, 6.45) is 5.63. The number of hydrogen-bond acceptors (Lipinski definition) is 2.